The molecule has 4 unspecified atom stereocenters. The molecule has 0 saturated carbocycles. The SMILES string of the molecule is CC1SCC(C(O)Cc2cc(Br)cs2)SC1C. The molecule has 1 fully saturated rings. The molecule has 96 valence electrons. The average molecular weight is 353 g/mol. The molecule has 17 heavy (non-hydrogen) atoms. The van der Waals surface area contributed by atoms with Gasteiger partial charge in [-0.05, 0) is 22.0 Å². The predicted molar refractivity (Wildman–Crippen MR) is 84.5 cm³/mol. The highest BCUT2D eigenvalue weighted by atomic mass is 79.9. The Kier molecular flexibility index (Phi) is 5.31. The molecule has 1 nitrogen and oxygen atoms in total. The van der Waals surface area contributed by atoms with E-state index in [1.807, 2.05) is 23.5 Å². The van der Waals surface area contributed by atoms with Gasteiger partial charge in [-0.3, -0.25) is 0 Å². The second-order valence-corrected chi connectivity index (χ2v) is 9.36. The van der Waals surface area contributed by atoms with Gasteiger partial charge in [0.25, 0.3) is 0 Å². The molecule has 0 amide bonds. The number of aliphatic hydroxyl groups excluding tert-OH is 1. The van der Waals surface area contributed by atoms with E-state index in [2.05, 4.69) is 41.2 Å². The van der Waals surface area contributed by atoms with E-state index in [1.54, 1.807) is 11.3 Å². The summed E-state index contributed by atoms with van der Waals surface area (Å²) in [5.41, 5.74) is 0. The molecule has 0 radical (unpaired) electrons. The van der Waals surface area contributed by atoms with Crippen LogP contribution in [-0.4, -0.2) is 32.7 Å². The fourth-order valence-electron chi connectivity index (χ4n) is 1.81. The molecule has 4 atom stereocenters. The first kappa shape index (κ1) is 14.3. The molecule has 1 aromatic heterocycles. The summed E-state index contributed by atoms with van der Waals surface area (Å²) in [6.45, 7) is 4.55. The lowest BCUT2D eigenvalue weighted by Gasteiger charge is -2.33. The van der Waals surface area contributed by atoms with Crippen LogP contribution < -0.4 is 0 Å². The van der Waals surface area contributed by atoms with Crippen LogP contribution in [0.1, 0.15) is 18.7 Å². The molecule has 0 bridgehead atoms. The van der Waals surface area contributed by atoms with Crippen LogP contribution in [0.3, 0.4) is 0 Å². The summed E-state index contributed by atoms with van der Waals surface area (Å²) in [5.74, 6) is 1.07. The monoisotopic (exact) mass is 352 g/mol. The van der Waals surface area contributed by atoms with Crippen LogP contribution in [0.2, 0.25) is 0 Å². The Morgan fingerprint density at radius 1 is 1.47 bits per heavy atom. The number of hydrogen-bond donors (Lipinski definition) is 1. The van der Waals surface area contributed by atoms with Crippen LogP contribution >= 0.6 is 50.8 Å². The Balaban J connectivity index is 1.90. The fraction of sp³-hybridized carbons (Fsp3) is 0.667. The van der Waals surface area contributed by atoms with Gasteiger partial charge < -0.3 is 5.11 Å². The van der Waals surface area contributed by atoms with Gasteiger partial charge in [0, 0.05) is 42.7 Å². The van der Waals surface area contributed by atoms with E-state index in [1.165, 1.54) is 4.88 Å². The molecule has 1 aliphatic rings. The first-order valence-corrected chi connectivity index (χ1v) is 9.40. The lowest BCUT2D eigenvalue weighted by atomic mass is 10.2. The van der Waals surface area contributed by atoms with Gasteiger partial charge in [0.05, 0.1) is 6.10 Å². The van der Waals surface area contributed by atoms with Crippen molar-refractivity contribution >= 4 is 50.8 Å². The molecule has 1 aliphatic heterocycles. The highest BCUT2D eigenvalue weighted by molar-refractivity contribution is 9.10. The Morgan fingerprint density at radius 2 is 2.24 bits per heavy atom. The number of hydrogen-bond acceptors (Lipinski definition) is 4. The van der Waals surface area contributed by atoms with Crippen LogP contribution in [-0.2, 0) is 6.42 Å². The Hall–Kier alpha value is 0.840. The average Bonchev–Trinajstić information content (AvgIpc) is 2.68. The van der Waals surface area contributed by atoms with Crippen molar-refractivity contribution in [2.24, 2.45) is 0 Å². The molecule has 5 heteroatoms. The second-order valence-electron chi connectivity index (χ2n) is 4.42. The molecule has 0 aromatic carbocycles. The molecular weight excluding hydrogens is 336 g/mol. The largest absolute Gasteiger partial charge is 0.392 e. The van der Waals surface area contributed by atoms with Crippen molar-refractivity contribution in [1.29, 1.82) is 0 Å². The molecule has 1 saturated heterocycles. The van der Waals surface area contributed by atoms with E-state index < -0.39 is 0 Å². The van der Waals surface area contributed by atoms with Gasteiger partial charge in [0.1, 0.15) is 0 Å². The lowest BCUT2D eigenvalue weighted by molar-refractivity contribution is 0.178. The highest BCUT2D eigenvalue weighted by Gasteiger charge is 2.30. The van der Waals surface area contributed by atoms with Gasteiger partial charge >= 0.3 is 0 Å². The molecule has 1 N–H and O–H groups in total. The van der Waals surface area contributed by atoms with Gasteiger partial charge in [0.15, 0.2) is 0 Å². The van der Waals surface area contributed by atoms with Gasteiger partial charge in [-0.25, -0.2) is 0 Å². The highest BCUT2D eigenvalue weighted by Crippen LogP contribution is 2.38. The summed E-state index contributed by atoms with van der Waals surface area (Å²) < 4.78 is 1.12. The Bertz CT molecular complexity index is 368. The zero-order valence-corrected chi connectivity index (χ0v) is 14.0. The van der Waals surface area contributed by atoms with E-state index >= 15 is 0 Å². The summed E-state index contributed by atoms with van der Waals surface area (Å²) in [7, 11) is 0. The first-order valence-electron chi connectivity index (χ1n) is 5.74. The number of thioether (sulfide) groups is 2. The maximum absolute atomic E-state index is 10.3. The second kappa shape index (κ2) is 6.33. The zero-order chi connectivity index (χ0) is 12.4. The van der Waals surface area contributed by atoms with Crippen molar-refractivity contribution in [2.45, 2.75) is 42.1 Å². The van der Waals surface area contributed by atoms with Gasteiger partial charge in [0.2, 0.25) is 0 Å². The summed E-state index contributed by atoms with van der Waals surface area (Å²) in [6.07, 6.45) is 0.572. The van der Waals surface area contributed by atoms with E-state index in [0.29, 0.717) is 15.7 Å². The zero-order valence-electron chi connectivity index (χ0n) is 9.93. The van der Waals surface area contributed by atoms with Crippen molar-refractivity contribution < 1.29 is 5.11 Å². The fourth-order valence-corrected chi connectivity index (χ4v) is 6.33. The summed E-state index contributed by atoms with van der Waals surface area (Å²) in [6, 6.07) is 2.11. The van der Waals surface area contributed by atoms with Crippen molar-refractivity contribution in [3.8, 4) is 0 Å². The van der Waals surface area contributed by atoms with Crippen LogP contribution in [0.4, 0.5) is 0 Å². The van der Waals surface area contributed by atoms with E-state index in [4.69, 9.17) is 0 Å². The molecule has 2 rings (SSSR count). The minimum Gasteiger partial charge on any atom is -0.392 e. The molecule has 0 spiro atoms. The topological polar surface area (TPSA) is 20.2 Å². The Morgan fingerprint density at radius 3 is 2.82 bits per heavy atom. The third-order valence-corrected chi connectivity index (χ3v) is 8.29. The number of rotatable bonds is 3. The number of thiophene rings is 1. The predicted octanol–water partition coefficient (Wildman–Crippen LogP) is 4.04. The summed E-state index contributed by atoms with van der Waals surface area (Å²) in [4.78, 5) is 1.27. The van der Waals surface area contributed by atoms with Crippen LogP contribution in [0.5, 0.6) is 0 Å². The smallest absolute Gasteiger partial charge is 0.0715 e. The Labute approximate surface area is 124 Å². The summed E-state index contributed by atoms with van der Waals surface area (Å²) >= 11 is 9.12. The lowest BCUT2D eigenvalue weighted by Crippen LogP contribution is -2.35. The molecule has 2 heterocycles. The van der Waals surface area contributed by atoms with E-state index in [0.717, 1.165) is 16.6 Å². The number of aliphatic hydroxyl groups is 1. The van der Waals surface area contributed by atoms with Gasteiger partial charge in [-0.1, -0.05) is 13.8 Å². The van der Waals surface area contributed by atoms with Gasteiger partial charge in [-0.2, -0.15) is 23.5 Å². The van der Waals surface area contributed by atoms with Crippen LogP contribution in [0.25, 0.3) is 0 Å². The van der Waals surface area contributed by atoms with E-state index in [9.17, 15) is 5.11 Å². The minimum atomic E-state index is -0.215. The quantitative estimate of drug-likeness (QED) is 0.886. The molecule has 1 aromatic rings. The normalized spacial score (nSPS) is 31.4. The van der Waals surface area contributed by atoms with E-state index in [-0.39, 0.29) is 6.10 Å². The standard InChI is InChI=1S/C12H17BrOS3/c1-7-8(2)17-12(6-15-7)11(14)4-10-3-9(13)5-16-10/h3,5,7-8,11-12,14H,4,6H2,1-2H3. The summed E-state index contributed by atoms with van der Waals surface area (Å²) in [5, 5.41) is 14.1. The first-order chi connectivity index (χ1) is 8.06. The third-order valence-electron chi connectivity index (χ3n) is 3.04. The minimum absolute atomic E-state index is 0.215. The van der Waals surface area contributed by atoms with Crippen LogP contribution in [0.15, 0.2) is 15.9 Å². The van der Waals surface area contributed by atoms with Crippen molar-refractivity contribution in [3.63, 3.8) is 0 Å². The van der Waals surface area contributed by atoms with Crippen molar-refractivity contribution in [2.75, 3.05) is 5.75 Å². The molecule has 0 aliphatic carbocycles. The maximum atomic E-state index is 10.3. The molecular formula is C12H17BrOS3. The van der Waals surface area contributed by atoms with Crippen LogP contribution in [0, 0.1) is 0 Å². The van der Waals surface area contributed by atoms with Crippen molar-refractivity contribution in [3.05, 3.63) is 20.8 Å². The number of halogens is 1. The van der Waals surface area contributed by atoms with Gasteiger partial charge in [-0.15, -0.1) is 11.3 Å². The third kappa shape index (κ3) is 3.90. The maximum Gasteiger partial charge on any atom is 0.0715 e. The van der Waals surface area contributed by atoms with Crippen molar-refractivity contribution in [1.82, 2.24) is 0 Å².